The molecule has 0 unspecified atom stereocenters. The lowest BCUT2D eigenvalue weighted by Crippen LogP contribution is -2.44. The standard InChI is InChI=1S/C24H26N8O2/c1-15-14-34-11-10-31(15)22-12-19(20-13-26-32(23(20)29-22)21-8-9-25-30-21)16-2-4-17(5-3-16)27-24(33)28-18-6-7-18/h2-5,8-9,12-13,15,18H,6-7,10-11,14H2,1H3,(H,25,30)(H2,27,28,33)/t15-/m1/s1. The Hall–Kier alpha value is -3.92. The molecule has 4 heterocycles. The monoisotopic (exact) mass is 458 g/mol. The number of aromatic amines is 1. The number of nitrogens with zero attached hydrogens (tertiary/aromatic N) is 5. The van der Waals surface area contributed by atoms with Gasteiger partial charge in [-0.2, -0.15) is 14.9 Å². The van der Waals surface area contributed by atoms with E-state index in [1.54, 1.807) is 10.9 Å². The zero-order valence-electron chi connectivity index (χ0n) is 18.9. The summed E-state index contributed by atoms with van der Waals surface area (Å²) < 4.78 is 7.41. The molecule has 3 aromatic heterocycles. The first-order valence-electron chi connectivity index (χ1n) is 11.6. The summed E-state index contributed by atoms with van der Waals surface area (Å²) in [7, 11) is 0. The van der Waals surface area contributed by atoms with Gasteiger partial charge in [-0.25, -0.2) is 9.78 Å². The molecule has 34 heavy (non-hydrogen) atoms. The summed E-state index contributed by atoms with van der Waals surface area (Å²) in [5.41, 5.74) is 3.55. The number of fused-ring (bicyclic) bond motifs is 1. The Balaban J connectivity index is 1.39. The molecule has 1 saturated carbocycles. The van der Waals surface area contributed by atoms with Gasteiger partial charge in [0.2, 0.25) is 0 Å². The Morgan fingerprint density at radius 3 is 2.79 bits per heavy atom. The van der Waals surface area contributed by atoms with Crippen molar-refractivity contribution in [1.29, 1.82) is 0 Å². The van der Waals surface area contributed by atoms with E-state index in [-0.39, 0.29) is 12.1 Å². The number of morpholine rings is 1. The quantitative estimate of drug-likeness (QED) is 0.423. The van der Waals surface area contributed by atoms with Crippen LogP contribution in [0.4, 0.5) is 16.3 Å². The Bertz CT molecular complexity index is 1310. The summed E-state index contributed by atoms with van der Waals surface area (Å²) in [6.07, 6.45) is 5.64. The zero-order chi connectivity index (χ0) is 23.1. The highest BCUT2D eigenvalue weighted by molar-refractivity contribution is 5.96. The second-order valence-electron chi connectivity index (χ2n) is 8.83. The van der Waals surface area contributed by atoms with E-state index in [0.717, 1.165) is 58.9 Å². The lowest BCUT2D eigenvalue weighted by Gasteiger charge is -2.34. The van der Waals surface area contributed by atoms with E-state index in [9.17, 15) is 4.79 Å². The van der Waals surface area contributed by atoms with Gasteiger partial charge >= 0.3 is 6.03 Å². The van der Waals surface area contributed by atoms with Crippen molar-refractivity contribution in [1.82, 2.24) is 30.3 Å². The Morgan fingerprint density at radius 2 is 2.06 bits per heavy atom. The zero-order valence-corrected chi connectivity index (χ0v) is 18.9. The number of urea groups is 1. The maximum absolute atomic E-state index is 12.1. The lowest BCUT2D eigenvalue weighted by atomic mass is 10.0. The van der Waals surface area contributed by atoms with E-state index < -0.39 is 0 Å². The van der Waals surface area contributed by atoms with Crippen LogP contribution in [-0.4, -0.2) is 62.8 Å². The number of aromatic nitrogens is 5. The van der Waals surface area contributed by atoms with E-state index in [4.69, 9.17) is 9.72 Å². The molecule has 1 aliphatic carbocycles. The molecule has 2 aliphatic rings. The third-order valence-electron chi connectivity index (χ3n) is 6.27. The van der Waals surface area contributed by atoms with Crippen molar-refractivity contribution in [2.45, 2.75) is 31.8 Å². The molecule has 1 atom stereocenters. The fourth-order valence-electron chi connectivity index (χ4n) is 4.30. The van der Waals surface area contributed by atoms with Crippen LogP contribution in [0.5, 0.6) is 0 Å². The molecule has 3 N–H and O–H groups in total. The number of benzene rings is 1. The number of ether oxygens (including phenoxy) is 1. The van der Waals surface area contributed by atoms with Crippen molar-refractivity contribution in [2.24, 2.45) is 0 Å². The fourth-order valence-corrected chi connectivity index (χ4v) is 4.30. The molecule has 1 saturated heterocycles. The van der Waals surface area contributed by atoms with Gasteiger partial charge in [-0.05, 0) is 49.1 Å². The second kappa shape index (κ2) is 8.45. The van der Waals surface area contributed by atoms with Crippen molar-refractivity contribution in [2.75, 3.05) is 30.0 Å². The van der Waals surface area contributed by atoms with Crippen LogP contribution in [0.1, 0.15) is 19.8 Å². The molecule has 2 amide bonds. The van der Waals surface area contributed by atoms with E-state index in [1.807, 2.05) is 36.5 Å². The minimum atomic E-state index is -0.161. The summed E-state index contributed by atoms with van der Waals surface area (Å²) in [6.45, 7) is 4.25. The highest BCUT2D eigenvalue weighted by atomic mass is 16.5. The number of carbonyl (C=O) groups is 1. The molecular weight excluding hydrogens is 432 g/mol. The number of pyridine rings is 1. The van der Waals surface area contributed by atoms with Gasteiger partial charge in [-0.1, -0.05) is 12.1 Å². The number of hydrogen-bond acceptors (Lipinski definition) is 6. The Kier molecular flexibility index (Phi) is 5.14. The number of carbonyl (C=O) groups excluding carboxylic acids is 1. The SMILES string of the molecule is C[C@@H]1COCCN1c1cc(-c2ccc(NC(=O)NC3CC3)cc2)c2cnn(-c3ccn[nH]3)c2n1. The highest BCUT2D eigenvalue weighted by Crippen LogP contribution is 2.33. The number of nitrogens with one attached hydrogen (secondary N) is 3. The Labute approximate surface area is 196 Å². The average molecular weight is 459 g/mol. The maximum Gasteiger partial charge on any atom is 0.319 e. The first-order valence-corrected chi connectivity index (χ1v) is 11.6. The predicted molar refractivity (Wildman–Crippen MR) is 129 cm³/mol. The van der Waals surface area contributed by atoms with Crippen LogP contribution in [0.25, 0.3) is 28.0 Å². The molecule has 0 bridgehead atoms. The van der Waals surface area contributed by atoms with Gasteiger partial charge in [0.1, 0.15) is 5.82 Å². The summed E-state index contributed by atoms with van der Waals surface area (Å²) in [6, 6.07) is 12.2. The van der Waals surface area contributed by atoms with Crippen molar-refractivity contribution in [3.05, 3.63) is 48.8 Å². The smallest absolute Gasteiger partial charge is 0.319 e. The van der Waals surface area contributed by atoms with Crippen molar-refractivity contribution in [3.63, 3.8) is 0 Å². The second-order valence-corrected chi connectivity index (χ2v) is 8.83. The van der Waals surface area contributed by atoms with Crippen LogP contribution in [0.15, 0.2) is 48.8 Å². The molecular formula is C24H26N8O2. The first kappa shape index (κ1) is 20.7. The minimum Gasteiger partial charge on any atom is -0.377 e. The van der Waals surface area contributed by atoms with Gasteiger partial charge in [0.15, 0.2) is 11.5 Å². The van der Waals surface area contributed by atoms with Crippen LogP contribution in [-0.2, 0) is 4.74 Å². The molecule has 1 aliphatic heterocycles. The number of H-pyrrole nitrogens is 1. The van der Waals surface area contributed by atoms with Crippen LogP contribution in [0.3, 0.4) is 0 Å². The van der Waals surface area contributed by atoms with Crippen LogP contribution in [0.2, 0.25) is 0 Å². The van der Waals surface area contributed by atoms with E-state index >= 15 is 0 Å². The topological polar surface area (TPSA) is 113 Å². The average Bonchev–Trinajstić information content (AvgIpc) is 3.31. The normalized spacial score (nSPS) is 18.3. The van der Waals surface area contributed by atoms with Gasteiger partial charge in [-0.3, -0.25) is 5.10 Å². The molecule has 0 radical (unpaired) electrons. The summed E-state index contributed by atoms with van der Waals surface area (Å²) in [5, 5.41) is 18.4. The number of hydrogen-bond donors (Lipinski definition) is 3. The van der Waals surface area contributed by atoms with Crippen molar-refractivity contribution < 1.29 is 9.53 Å². The lowest BCUT2D eigenvalue weighted by molar-refractivity contribution is 0.0985. The summed E-state index contributed by atoms with van der Waals surface area (Å²) in [4.78, 5) is 19.4. The molecule has 6 rings (SSSR count). The number of anilines is 2. The largest absolute Gasteiger partial charge is 0.377 e. The molecule has 10 nitrogen and oxygen atoms in total. The fraction of sp³-hybridized carbons (Fsp3) is 0.333. The van der Waals surface area contributed by atoms with Gasteiger partial charge in [0.05, 0.1) is 31.6 Å². The molecule has 10 heteroatoms. The maximum atomic E-state index is 12.1. The third-order valence-corrected chi connectivity index (χ3v) is 6.27. The molecule has 2 fully saturated rings. The van der Waals surface area contributed by atoms with E-state index in [1.165, 1.54) is 0 Å². The van der Waals surface area contributed by atoms with Crippen molar-refractivity contribution >= 4 is 28.6 Å². The summed E-state index contributed by atoms with van der Waals surface area (Å²) in [5.74, 6) is 1.63. The number of rotatable bonds is 5. The van der Waals surface area contributed by atoms with E-state index in [0.29, 0.717) is 19.3 Å². The van der Waals surface area contributed by atoms with Crippen molar-refractivity contribution in [3.8, 4) is 16.9 Å². The van der Waals surface area contributed by atoms with E-state index in [2.05, 4.69) is 43.8 Å². The van der Waals surface area contributed by atoms with Crippen LogP contribution >= 0.6 is 0 Å². The van der Waals surface area contributed by atoms with Crippen LogP contribution in [0, 0.1) is 0 Å². The molecule has 4 aromatic rings. The summed E-state index contributed by atoms with van der Waals surface area (Å²) >= 11 is 0. The predicted octanol–water partition coefficient (Wildman–Crippen LogP) is 3.32. The molecule has 1 aromatic carbocycles. The molecule has 174 valence electrons. The third kappa shape index (κ3) is 3.96. The minimum absolute atomic E-state index is 0.161. The number of amides is 2. The highest BCUT2D eigenvalue weighted by Gasteiger charge is 2.24. The van der Waals surface area contributed by atoms with Gasteiger partial charge in [0.25, 0.3) is 0 Å². The van der Waals surface area contributed by atoms with Gasteiger partial charge < -0.3 is 20.3 Å². The van der Waals surface area contributed by atoms with Gasteiger partial charge in [0, 0.05) is 29.7 Å². The Morgan fingerprint density at radius 1 is 1.21 bits per heavy atom. The van der Waals surface area contributed by atoms with Crippen LogP contribution < -0.4 is 15.5 Å². The molecule has 0 spiro atoms. The first-order chi connectivity index (χ1) is 16.7. The van der Waals surface area contributed by atoms with Gasteiger partial charge in [-0.15, -0.1) is 0 Å².